The van der Waals surface area contributed by atoms with Gasteiger partial charge in [-0.05, 0) is 40.2 Å². The summed E-state index contributed by atoms with van der Waals surface area (Å²) in [5, 5.41) is 4.69. The molecule has 3 heteroatoms. The summed E-state index contributed by atoms with van der Waals surface area (Å²) >= 11 is 1.80. The van der Waals surface area contributed by atoms with E-state index in [1.54, 1.807) is 11.3 Å². The third kappa shape index (κ3) is 3.68. The maximum Gasteiger partial charge on any atom is 0.103 e. The van der Waals surface area contributed by atoms with Crippen LogP contribution >= 0.6 is 11.3 Å². The molecule has 2 nitrogen and oxygen atoms in total. The number of nitrogens with one attached hydrogen (secondary N) is 1. The van der Waals surface area contributed by atoms with Crippen LogP contribution in [0.3, 0.4) is 0 Å². The predicted octanol–water partition coefficient (Wildman–Crippen LogP) is 4.36. The van der Waals surface area contributed by atoms with Gasteiger partial charge in [0.15, 0.2) is 0 Å². The Morgan fingerprint density at radius 1 is 1.05 bits per heavy atom. The first-order valence-electron chi connectivity index (χ1n) is 7.05. The zero-order valence-corrected chi connectivity index (χ0v) is 13.8. The molecule has 0 fully saturated rings. The molecule has 0 unspecified atom stereocenters. The van der Waals surface area contributed by atoms with Gasteiger partial charge in [-0.2, -0.15) is 0 Å². The number of rotatable bonds is 4. The monoisotopic (exact) mass is 288 g/mol. The predicted molar refractivity (Wildman–Crippen MR) is 87.3 cm³/mol. The third-order valence-electron chi connectivity index (χ3n) is 3.38. The Morgan fingerprint density at radius 3 is 2.30 bits per heavy atom. The second kappa shape index (κ2) is 5.66. The summed E-state index contributed by atoms with van der Waals surface area (Å²) < 4.78 is 0. The van der Waals surface area contributed by atoms with Crippen LogP contribution in [0.25, 0.3) is 0 Å². The molecule has 1 N–H and O–H groups in total. The molecule has 0 atom stereocenters. The summed E-state index contributed by atoms with van der Waals surface area (Å²) in [7, 11) is 0. The van der Waals surface area contributed by atoms with Gasteiger partial charge in [0, 0.05) is 28.6 Å². The Labute approximate surface area is 126 Å². The first-order chi connectivity index (χ1) is 9.29. The number of thiazole rings is 1. The second-order valence-corrected chi connectivity index (χ2v) is 7.84. The van der Waals surface area contributed by atoms with E-state index in [9.17, 15) is 0 Å². The van der Waals surface area contributed by atoms with Gasteiger partial charge in [0.05, 0.1) is 0 Å². The molecule has 2 rings (SSSR count). The summed E-state index contributed by atoms with van der Waals surface area (Å²) in [6, 6.07) is 10.6. The van der Waals surface area contributed by atoms with Crippen molar-refractivity contribution in [3.63, 3.8) is 0 Å². The quantitative estimate of drug-likeness (QED) is 0.904. The lowest BCUT2D eigenvalue weighted by Crippen LogP contribution is -2.34. The van der Waals surface area contributed by atoms with Crippen molar-refractivity contribution in [3.8, 4) is 0 Å². The van der Waals surface area contributed by atoms with Gasteiger partial charge in [-0.25, -0.2) is 4.98 Å². The van der Waals surface area contributed by atoms with E-state index in [1.807, 2.05) is 6.20 Å². The van der Waals surface area contributed by atoms with E-state index in [-0.39, 0.29) is 11.0 Å². The fourth-order valence-corrected chi connectivity index (χ4v) is 2.99. The SMILES string of the molecule is CC(C)(C)NCc1cnc(C(C)(C)c2ccccc2)s1. The highest BCUT2D eigenvalue weighted by molar-refractivity contribution is 7.11. The molecule has 0 saturated heterocycles. The summed E-state index contributed by atoms with van der Waals surface area (Å²) in [6.45, 7) is 11.9. The van der Waals surface area contributed by atoms with Crippen molar-refractivity contribution in [3.05, 3.63) is 52.0 Å². The zero-order chi connectivity index (χ0) is 14.8. The van der Waals surface area contributed by atoms with E-state index in [1.165, 1.54) is 15.4 Å². The average molecular weight is 288 g/mol. The Bertz CT molecular complexity index is 550. The van der Waals surface area contributed by atoms with Gasteiger partial charge in [-0.15, -0.1) is 11.3 Å². The first kappa shape index (κ1) is 15.2. The van der Waals surface area contributed by atoms with Crippen LogP contribution in [0, 0.1) is 0 Å². The summed E-state index contributed by atoms with van der Waals surface area (Å²) in [4.78, 5) is 5.93. The topological polar surface area (TPSA) is 24.9 Å². The second-order valence-electron chi connectivity index (χ2n) is 6.73. The summed E-state index contributed by atoms with van der Waals surface area (Å²) in [5.41, 5.74) is 1.41. The van der Waals surface area contributed by atoms with Crippen molar-refractivity contribution in [2.45, 2.75) is 52.1 Å². The number of nitrogens with zero attached hydrogens (tertiary/aromatic N) is 1. The Morgan fingerprint density at radius 2 is 1.70 bits per heavy atom. The zero-order valence-electron chi connectivity index (χ0n) is 13.0. The molecule has 0 bridgehead atoms. The Hall–Kier alpha value is -1.19. The number of aromatic nitrogens is 1. The van der Waals surface area contributed by atoms with Gasteiger partial charge < -0.3 is 5.32 Å². The molecule has 0 amide bonds. The minimum Gasteiger partial charge on any atom is -0.307 e. The van der Waals surface area contributed by atoms with Crippen molar-refractivity contribution in [1.82, 2.24) is 10.3 Å². The maximum atomic E-state index is 4.64. The summed E-state index contributed by atoms with van der Waals surface area (Å²) in [5.74, 6) is 0. The standard InChI is InChI=1S/C17H24N2S/c1-16(2,3)19-12-14-11-18-15(20-14)17(4,5)13-9-7-6-8-10-13/h6-11,19H,12H2,1-5H3. The molecule has 1 heterocycles. The van der Waals surface area contributed by atoms with E-state index in [0.717, 1.165) is 6.54 Å². The number of hydrogen-bond donors (Lipinski definition) is 1. The fourth-order valence-electron chi connectivity index (χ4n) is 2.01. The highest BCUT2D eigenvalue weighted by Crippen LogP contribution is 2.34. The van der Waals surface area contributed by atoms with E-state index in [4.69, 9.17) is 0 Å². The van der Waals surface area contributed by atoms with Crippen molar-refractivity contribution in [1.29, 1.82) is 0 Å². The van der Waals surface area contributed by atoms with Gasteiger partial charge in [0.25, 0.3) is 0 Å². The summed E-state index contributed by atoms with van der Waals surface area (Å²) in [6.07, 6.45) is 2.00. The molecule has 2 aromatic rings. The molecule has 0 spiro atoms. The normalized spacial score (nSPS) is 12.7. The van der Waals surface area contributed by atoms with E-state index in [2.05, 4.69) is 75.3 Å². The maximum absolute atomic E-state index is 4.64. The molecule has 108 valence electrons. The van der Waals surface area contributed by atoms with Crippen LogP contribution in [0.15, 0.2) is 36.5 Å². The minimum atomic E-state index is -0.0358. The molecule has 1 aromatic heterocycles. The highest BCUT2D eigenvalue weighted by atomic mass is 32.1. The lowest BCUT2D eigenvalue weighted by atomic mass is 9.85. The third-order valence-corrected chi connectivity index (χ3v) is 4.70. The van der Waals surface area contributed by atoms with Crippen LogP contribution in [0.5, 0.6) is 0 Å². The molecule has 20 heavy (non-hydrogen) atoms. The number of benzene rings is 1. The molecule has 0 saturated carbocycles. The van der Waals surface area contributed by atoms with Crippen LogP contribution in [0.2, 0.25) is 0 Å². The van der Waals surface area contributed by atoms with Crippen LogP contribution in [0.4, 0.5) is 0 Å². The largest absolute Gasteiger partial charge is 0.307 e. The fraction of sp³-hybridized carbons (Fsp3) is 0.471. The van der Waals surface area contributed by atoms with E-state index >= 15 is 0 Å². The van der Waals surface area contributed by atoms with Crippen LogP contribution in [-0.2, 0) is 12.0 Å². The van der Waals surface area contributed by atoms with Crippen molar-refractivity contribution in [2.24, 2.45) is 0 Å². The van der Waals surface area contributed by atoms with E-state index in [0.29, 0.717) is 0 Å². The smallest absolute Gasteiger partial charge is 0.103 e. The van der Waals surface area contributed by atoms with E-state index < -0.39 is 0 Å². The highest BCUT2D eigenvalue weighted by Gasteiger charge is 2.26. The lowest BCUT2D eigenvalue weighted by molar-refractivity contribution is 0.426. The molecule has 0 aliphatic carbocycles. The van der Waals surface area contributed by atoms with Gasteiger partial charge in [0.2, 0.25) is 0 Å². The Kier molecular flexibility index (Phi) is 4.31. The molecule has 0 aliphatic heterocycles. The van der Waals surface area contributed by atoms with Gasteiger partial charge in [-0.1, -0.05) is 30.3 Å². The molecule has 0 aliphatic rings. The van der Waals surface area contributed by atoms with Crippen LogP contribution < -0.4 is 5.32 Å². The van der Waals surface area contributed by atoms with Crippen LogP contribution in [-0.4, -0.2) is 10.5 Å². The van der Waals surface area contributed by atoms with Crippen molar-refractivity contribution >= 4 is 11.3 Å². The van der Waals surface area contributed by atoms with Crippen LogP contribution in [0.1, 0.15) is 50.1 Å². The molecule has 0 radical (unpaired) electrons. The number of hydrogen-bond acceptors (Lipinski definition) is 3. The van der Waals surface area contributed by atoms with Crippen molar-refractivity contribution in [2.75, 3.05) is 0 Å². The van der Waals surface area contributed by atoms with Gasteiger partial charge in [-0.3, -0.25) is 0 Å². The van der Waals surface area contributed by atoms with Crippen molar-refractivity contribution < 1.29 is 0 Å². The van der Waals surface area contributed by atoms with Gasteiger partial charge in [0.1, 0.15) is 5.01 Å². The average Bonchev–Trinajstić information content (AvgIpc) is 2.86. The molecular weight excluding hydrogens is 264 g/mol. The van der Waals surface area contributed by atoms with Gasteiger partial charge >= 0.3 is 0 Å². The lowest BCUT2D eigenvalue weighted by Gasteiger charge is -2.22. The molecule has 1 aromatic carbocycles. The molecular formula is C17H24N2S. The Balaban J connectivity index is 2.16. The minimum absolute atomic E-state index is 0.0358. The first-order valence-corrected chi connectivity index (χ1v) is 7.86.